The van der Waals surface area contributed by atoms with E-state index in [1.54, 1.807) is 24.3 Å². The van der Waals surface area contributed by atoms with E-state index in [1.807, 2.05) is 36.4 Å². The maximum absolute atomic E-state index is 11.9. The highest BCUT2D eigenvalue weighted by Gasteiger charge is 2.05. The molecule has 0 aliphatic heterocycles. The molecule has 0 saturated heterocycles. The van der Waals surface area contributed by atoms with Crippen LogP contribution in [0.15, 0.2) is 72.8 Å². The van der Waals surface area contributed by atoms with Crippen LogP contribution in [0.4, 0.5) is 0 Å². The molecule has 0 spiro atoms. The van der Waals surface area contributed by atoms with Gasteiger partial charge in [-0.25, -0.2) is 0 Å². The molecule has 158 valence electrons. The molecule has 0 bridgehead atoms. The molecule has 30 heavy (non-hydrogen) atoms. The average Bonchev–Trinajstić information content (AvgIpc) is 2.76. The van der Waals surface area contributed by atoms with Crippen molar-refractivity contribution in [1.29, 1.82) is 0 Å². The van der Waals surface area contributed by atoms with E-state index in [9.17, 15) is 19.8 Å². The lowest BCUT2D eigenvalue weighted by molar-refractivity contribution is -0.115. The lowest BCUT2D eigenvalue weighted by Gasteiger charge is -2.02. The predicted molar refractivity (Wildman–Crippen MR) is 121 cm³/mol. The summed E-state index contributed by atoms with van der Waals surface area (Å²) in [5.74, 6) is -0.103. The van der Waals surface area contributed by atoms with E-state index in [0.717, 1.165) is 38.5 Å². The van der Waals surface area contributed by atoms with Gasteiger partial charge in [0, 0.05) is 36.1 Å². The smallest absolute Gasteiger partial charge is 0.159 e. The number of allylic oxidation sites excluding steroid dienone is 2. The number of unbranched alkanes of at least 4 members (excludes halogenated alkanes) is 5. The predicted octanol–water partition coefficient (Wildman–Crippen LogP) is 6.44. The van der Waals surface area contributed by atoms with Gasteiger partial charge in [-0.2, -0.15) is 0 Å². The molecule has 4 heteroatoms. The molecule has 2 rings (SSSR count). The van der Waals surface area contributed by atoms with Crippen molar-refractivity contribution in [2.24, 2.45) is 0 Å². The zero-order valence-electron chi connectivity index (χ0n) is 17.3. The van der Waals surface area contributed by atoms with Gasteiger partial charge < -0.3 is 10.2 Å². The Morgan fingerprint density at radius 3 is 1.27 bits per heavy atom. The minimum atomic E-state index is -0.0630. The lowest BCUT2D eigenvalue weighted by atomic mass is 10.0. The van der Waals surface area contributed by atoms with E-state index in [4.69, 9.17) is 0 Å². The fourth-order valence-electron chi connectivity index (χ4n) is 3.14. The number of aliphatic hydroxyl groups is 2. The number of hydrogen-bond acceptors (Lipinski definition) is 4. The van der Waals surface area contributed by atoms with Gasteiger partial charge in [-0.05, 0) is 12.8 Å². The fourth-order valence-corrected chi connectivity index (χ4v) is 3.14. The van der Waals surface area contributed by atoms with Crippen LogP contribution in [0, 0.1) is 0 Å². The van der Waals surface area contributed by atoms with Crippen LogP contribution in [0.1, 0.15) is 62.5 Å². The van der Waals surface area contributed by atoms with Gasteiger partial charge in [0.25, 0.3) is 0 Å². The molecule has 4 nitrogen and oxygen atoms in total. The number of rotatable bonds is 13. The Morgan fingerprint density at radius 2 is 0.900 bits per heavy atom. The number of carbonyl (C=O) groups excluding carboxylic acids is 2. The van der Waals surface area contributed by atoms with Crippen LogP contribution in [0.2, 0.25) is 0 Å². The van der Waals surface area contributed by atoms with Crippen LogP contribution in [-0.2, 0) is 9.59 Å². The molecule has 0 heterocycles. The second-order valence-corrected chi connectivity index (χ2v) is 7.35. The summed E-state index contributed by atoms with van der Waals surface area (Å²) in [6.45, 7) is 0. The summed E-state index contributed by atoms with van der Waals surface area (Å²) in [6.07, 6.45) is 9.00. The zero-order valence-corrected chi connectivity index (χ0v) is 17.3. The second kappa shape index (κ2) is 13.2. The first-order chi connectivity index (χ1) is 14.6. The highest BCUT2D eigenvalue weighted by molar-refractivity contribution is 5.95. The summed E-state index contributed by atoms with van der Waals surface area (Å²) in [7, 11) is 0. The summed E-state index contributed by atoms with van der Waals surface area (Å²) in [5, 5.41) is 19.9. The maximum atomic E-state index is 11.9. The van der Waals surface area contributed by atoms with Gasteiger partial charge in [-0.1, -0.05) is 86.3 Å². The maximum Gasteiger partial charge on any atom is 0.159 e. The molecular formula is C26H30O4. The third kappa shape index (κ3) is 8.91. The Hall–Kier alpha value is -3.14. The van der Waals surface area contributed by atoms with E-state index in [1.165, 1.54) is 12.2 Å². The number of benzene rings is 2. The Bertz CT molecular complexity index is 778. The normalized spacial score (nSPS) is 12.0. The fraction of sp³-hybridized carbons (Fsp3) is 0.308. The van der Waals surface area contributed by atoms with Crippen LogP contribution in [-0.4, -0.2) is 21.8 Å². The highest BCUT2D eigenvalue weighted by Crippen LogP contribution is 2.14. The van der Waals surface area contributed by atoms with Gasteiger partial charge in [0.05, 0.1) is 0 Å². The summed E-state index contributed by atoms with van der Waals surface area (Å²) in [5.41, 5.74) is 1.29. The van der Waals surface area contributed by atoms with Crippen molar-refractivity contribution in [1.82, 2.24) is 0 Å². The van der Waals surface area contributed by atoms with Crippen molar-refractivity contribution >= 4 is 23.1 Å². The summed E-state index contributed by atoms with van der Waals surface area (Å²) in [6, 6.07) is 18.1. The second-order valence-electron chi connectivity index (χ2n) is 7.35. The Morgan fingerprint density at radius 1 is 0.567 bits per heavy atom. The monoisotopic (exact) mass is 406 g/mol. The van der Waals surface area contributed by atoms with E-state index in [0.29, 0.717) is 24.0 Å². The number of ketones is 2. The van der Waals surface area contributed by atoms with E-state index in [-0.39, 0.29) is 23.1 Å². The molecule has 2 aromatic carbocycles. The molecule has 2 aromatic rings. The Balaban J connectivity index is 1.54. The van der Waals surface area contributed by atoms with E-state index < -0.39 is 0 Å². The van der Waals surface area contributed by atoms with Gasteiger partial charge >= 0.3 is 0 Å². The molecule has 2 N–H and O–H groups in total. The average molecular weight is 407 g/mol. The number of aliphatic hydroxyl groups excluding tert-OH is 2. The minimum absolute atomic E-state index is 0.0117. The minimum Gasteiger partial charge on any atom is -0.507 e. The van der Waals surface area contributed by atoms with Gasteiger partial charge in [0.1, 0.15) is 11.5 Å². The van der Waals surface area contributed by atoms with Gasteiger partial charge in [0.15, 0.2) is 11.6 Å². The molecule has 0 atom stereocenters. The van der Waals surface area contributed by atoms with Crippen LogP contribution in [0.3, 0.4) is 0 Å². The van der Waals surface area contributed by atoms with Crippen molar-refractivity contribution in [3.63, 3.8) is 0 Å². The molecule has 0 unspecified atom stereocenters. The topological polar surface area (TPSA) is 74.6 Å². The highest BCUT2D eigenvalue weighted by atomic mass is 16.3. The van der Waals surface area contributed by atoms with Crippen LogP contribution in [0.25, 0.3) is 11.5 Å². The molecular weight excluding hydrogens is 376 g/mol. The van der Waals surface area contributed by atoms with Crippen molar-refractivity contribution in [2.75, 3.05) is 0 Å². The SMILES string of the molecule is O=C(C=C(O)c1ccccc1)CCCCCCCCC(=O)C=C(O)c1ccccc1. The van der Waals surface area contributed by atoms with Gasteiger partial charge in [-0.15, -0.1) is 0 Å². The van der Waals surface area contributed by atoms with Crippen LogP contribution < -0.4 is 0 Å². The van der Waals surface area contributed by atoms with E-state index in [2.05, 4.69) is 0 Å². The van der Waals surface area contributed by atoms with Gasteiger partial charge in [0.2, 0.25) is 0 Å². The quantitative estimate of drug-likeness (QED) is 0.228. The van der Waals surface area contributed by atoms with Crippen molar-refractivity contribution in [3.05, 3.63) is 83.9 Å². The molecule has 0 saturated carbocycles. The first-order valence-corrected chi connectivity index (χ1v) is 10.5. The van der Waals surface area contributed by atoms with Gasteiger partial charge in [-0.3, -0.25) is 9.59 Å². The third-order valence-electron chi connectivity index (χ3n) is 4.83. The molecule has 0 aromatic heterocycles. The molecule has 0 aliphatic carbocycles. The summed E-state index contributed by atoms with van der Waals surface area (Å²) < 4.78 is 0. The molecule has 0 amide bonds. The van der Waals surface area contributed by atoms with Crippen molar-refractivity contribution in [2.45, 2.75) is 51.4 Å². The molecule has 0 radical (unpaired) electrons. The molecule has 0 aliphatic rings. The van der Waals surface area contributed by atoms with Crippen LogP contribution in [0.5, 0.6) is 0 Å². The third-order valence-corrected chi connectivity index (χ3v) is 4.83. The first kappa shape index (κ1) is 23.1. The first-order valence-electron chi connectivity index (χ1n) is 10.5. The Labute approximate surface area is 178 Å². The number of hydrogen-bond donors (Lipinski definition) is 2. The molecule has 0 fully saturated rings. The standard InChI is InChI=1S/C26H30O4/c27-23(19-25(29)21-13-7-5-8-14-21)17-11-3-1-2-4-12-18-24(28)20-26(30)22-15-9-6-10-16-22/h5-10,13-16,19-20,29-30H,1-4,11-12,17-18H2. The van der Waals surface area contributed by atoms with Crippen molar-refractivity contribution < 1.29 is 19.8 Å². The lowest BCUT2D eigenvalue weighted by Crippen LogP contribution is -1.96. The van der Waals surface area contributed by atoms with E-state index >= 15 is 0 Å². The summed E-state index contributed by atoms with van der Waals surface area (Å²) in [4.78, 5) is 23.9. The van der Waals surface area contributed by atoms with Crippen LogP contribution >= 0.6 is 0 Å². The summed E-state index contributed by atoms with van der Waals surface area (Å²) >= 11 is 0. The Kier molecular flexibility index (Phi) is 10.1. The largest absolute Gasteiger partial charge is 0.507 e. The zero-order chi connectivity index (χ0) is 21.6. The van der Waals surface area contributed by atoms with Crippen molar-refractivity contribution in [3.8, 4) is 0 Å². The number of carbonyl (C=O) groups is 2.